The molecule has 0 amide bonds. The zero-order valence-electron chi connectivity index (χ0n) is 9.52. The molecule has 0 bridgehead atoms. The Labute approximate surface area is 100 Å². The quantitative estimate of drug-likeness (QED) is 0.841. The zero-order chi connectivity index (χ0) is 11.4. The number of hydrogen-bond acceptors (Lipinski definition) is 5. The van der Waals surface area contributed by atoms with Crippen LogP contribution in [0.5, 0.6) is 0 Å². The van der Waals surface area contributed by atoms with Gasteiger partial charge in [0.1, 0.15) is 11.6 Å². The molecule has 0 aromatic carbocycles. The number of nitrogens with one attached hydrogen (secondary N) is 1. The fraction of sp³-hybridized carbons (Fsp3) is 0.636. The Kier molecular flexibility index (Phi) is 3.88. The smallest absolute Gasteiger partial charge is 0.149 e. The molecule has 1 aliphatic rings. The molecule has 5 heteroatoms. The molecule has 0 saturated heterocycles. The lowest BCUT2D eigenvalue weighted by atomic mass is 10.2. The van der Waals surface area contributed by atoms with Gasteiger partial charge in [0, 0.05) is 11.3 Å². The molecule has 3 N–H and O–H groups in total. The van der Waals surface area contributed by atoms with Gasteiger partial charge < -0.3 is 11.1 Å². The lowest BCUT2D eigenvalue weighted by molar-refractivity contribution is 0.758. The second-order valence-corrected chi connectivity index (χ2v) is 5.54. The van der Waals surface area contributed by atoms with E-state index < -0.39 is 0 Å². The Morgan fingerprint density at radius 2 is 2.31 bits per heavy atom. The molecular formula is C11H18N4S. The second-order valence-electron chi connectivity index (χ2n) is 4.02. The second kappa shape index (κ2) is 5.39. The number of nitrogens with zero attached hydrogens (tertiary/aromatic N) is 2. The summed E-state index contributed by atoms with van der Waals surface area (Å²) in [7, 11) is 0. The zero-order valence-corrected chi connectivity index (χ0v) is 10.3. The van der Waals surface area contributed by atoms with Crippen molar-refractivity contribution in [3.63, 3.8) is 0 Å². The van der Waals surface area contributed by atoms with E-state index in [0.717, 1.165) is 5.82 Å². The first-order chi connectivity index (χ1) is 7.79. The van der Waals surface area contributed by atoms with Crippen LogP contribution in [-0.4, -0.2) is 27.2 Å². The van der Waals surface area contributed by atoms with Crippen molar-refractivity contribution in [3.05, 3.63) is 12.1 Å². The van der Waals surface area contributed by atoms with Crippen LogP contribution in [0.4, 0.5) is 11.6 Å². The van der Waals surface area contributed by atoms with E-state index in [0.29, 0.717) is 17.1 Å². The van der Waals surface area contributed by atoms with Gasteiger partial charge >= 0.3 is 0 Å². The van der Waals surface area contributed by atoms with Crippen molar-refractivity contribution in [3.8, 4) is 0 Å². The predicted octanol–water partition coefficient (Wildman–Crippen LogP) is 2.14. The molecule has 1 aromatic heterocycles. The van der Waals surface area contributed by atoms with E-state index in [4.69, 9.17) is 5.73 Å². The van der Waals surface area contributed by atoms with E-state index in [9.17, 15) is 0 Å². The van der Waals surface area contributed by atoms with Gasteiger partial charge in [-0.25, -0.2) is 0 Å². The minimum atomic E-state index is 0.469. The molecule has 1 aromatic rings. The minimum Gasteiger partial charge on any atom is -0.382 e. The number of thioether (sulfide) groups is 1. The highest BCUT2D eigenvalue weighted by Crippen LogP contribution is 2.31. The number of rotatable bonds is 4. The minimum absolute atomic E-state index is 0.469. The van der Waals surface area contributed by atoms with Crippen LogP contribution in [0.15, 0.2) is 12.1 Å². The normalized spacial score (nSPS) is 24.6. The lowest BCUT2D eigenvalue weighted by Crippen LogP contribution is -2.26. The van der Waals surface area contributed by atoms with Crippen LogP contribution in [0.2, 0.25) is 0 Å². The van der Waals surface area contributed by atoms with Crippen molar-refractivity contribution in [2.75, 3.05) is 16.8 Å². The molecule has 0 radical (unpaired) electrons. The number of aromatic nitrogens is 2. The summed E-state index contributed by atoms with van der Waals surface area (Å²) in [5, 5.41) is 12.1. The Bertz CT molecular complexity index is 327. The van der Waals surface area contributed by atoms with Gasteiger partial charge in [-0.05, 0) is 30.7 Å². The SMILES string of the molecule is CCSC1CCCC1Nc1ccc(N)nn1. The molecule has 2 atom stereocenters. The van der Waals surface area contributed by atoms with E-state index in [-0.39, 0.29) is 0 Å². The monoisotopic (exact) mass is 238 g/mol. The highest BCUT2D eigenvalue weighted by molar-refractivity contribution is 7.99. The highest BCUT2D eigenvalue weighted by Gasteiger charge is 2.27. The maximum atomic E-state index is 5.50. The van der Waals surface area contributed by atoms with Crippen LogP contribution in [0.1, 0.15) is 26.2 Å². The molecule has 2 rings (SSSR count). The third-order valence-electron chi connectivity index (χ3n) is 2.85. The molecule has 88 valence electrons. The summed E-state index contributed by atoms with van der Waals surface area (Å²) in [6, 6.07) is 4.21. The molecule has 4 nitrogen and oxygen atoms in total. The largest absolute Gasteiger partial charge is 0.382 e. The van der Waals surface area contributed by atoms with Crippen LogP contribution in [0, 0.1) is 0 Å². The van der Waals surface area contributed by atoms with Crippen molar-refractivity contribution >= 4 is 23.4 Å². The van der Waals surface area contributed by atoms with Crippen LogP contribution >= 0.6 is 11.8 Å². The molecule has 0 aliphatic heterocycles. The fourth-order valence-electron chi connectivity index (χ4n) is 2.11. The molecule has 1 heterocycles. The van der Waals surface area contributed by atoms with Gasteiger partial charge in [-0.3, -0.25) is 0 Å². The van der Waals surface area contributed by atoms with Crippen molar-refractivity contribution < 1.29 is 0 Å². The maximum absolute atomic E-state index is 5.50. The third-order valence-corrected chi connectivity index (χ3v) is 4.18. The van der Waals surface area contributed by atoms with Gasteiger partial charge in [0.2, 0.25) is 0 Å². The van der Waals surface area contributed by atoms with E-state index in [1.54, 1.807) is 6.07 Å². The molecule has 0 spiro atoms. The molecule has 1 saturated carbocycles. The van der Waals surface area contributed by atoms with Gasteiger partial charge in [0.15, 0.2) is 0 Å². The summed E-state index contributed by atoms with van der Waals surface area (Å²) < 4.78 is 0. The molecule has 16 heavy (non-hydrogen) atoms. The topological polar surface area (TPSA) is 63.8 Å². The molecular weight excluding hydrogens is 220 g/mol. The highest BCUT2D eigenvalue weighted by atomic mass is 32.2. The van der Waals surface area contributed by atoms with Gasteiger partial charge in [-0.15, -0.1) is 10.2 Å². The summed E-state index contributed by atoms with van der Waals surface area (Å²) >= 11 is 2.03. The average molecular weight is 238 g/mol. The first-order valence-electron chi connectivity index (χ1n) is 5.77. The predicted molar refractivity (Wildman–Crippen MR) is 69.6 cm³/mol. The summed E-state index contributed by atoms with van der Waals surface area (Å²) in [5.41, 5.74) is 5.50. The lowest BCUT2D eigenvalue weighted by Gasteiger charge is -2.20. The number of anilines is 2. The first-order valence-corrected chi connectivity index (χ1v) is 6.82. The Hall–Kier alpha value is -0.970. The van der Waals surface area contributed by atoms with E-state index in [1.165, 1.54) is 25.0 Å². The third kappa shape index (κ3) is 2.78. The number of nitrogen functional groups attached to an aromatic ring is 1. The first kappa shape index (κ1) is 11.5. The van der Waals surface area contributed by atoms with Crippen molar-refractivity contribution in [2.45, 2.75) is 37.5 Å². The maximum Gasteiger partial charge on any atom is 0.149 e. The average Bonchev–Trinajstić information content (AvgIpc) is 2.70. The number of hydrogen-bond donors (Lipinski definition) is 2. The standard InChI is InChI=1S/C11H18N4S/c1-2-16-9-5-3-4-8(9)13-11-7-6-10(12)14-15-11/h6-9H,2-5H2,1H3,(H2,12,14)(H,13,15). The summed E-state index contributed by atoms with van der Waals surface area (Å²) in [5.74, 6) is 2.48. The van der Waals surface area contributed by atoms with Crippen molar-refractivity contribution in [1.82, 2.24) is 10.2 Å². The van der Waals surface area contributed by atoms with E-state index in [1.807, 2.05) is 17.8 Å². The Morgan fingerprint density at radius 1 is 1.44 bits per heavy atom. The molecule has 2 unspecified atom stereocenters. The summed E-state index contributed by atoms with van der Waals surface area (Å²) in [6.07, 6.45) is 3.83. The summed E-state index contributed by atoms with van der Waals surface area (Å²) in [4.78, 5) is 0. The van der Waals surface area contributed by atoms with Crippen LogP contribution in [-0.2, 0) is 0 Å². The summed E-state index contributed by atoms with van der Waals surface area (Å²) in [6.45, 7) is 2.21. The van der Waals surface area contributed by atoms with Gasteiger partial charge in [-0.1, -0.05) is 13.3 Å². The Morgan fingerprint density at radius 3 is 3.00 bits per heavy atom. The Balaban J connectivity index is 1.95. The van der Waals surface area contributed by atoms with Crippen molar-refractivity contribution in [1.29, 1.82) is 0 Å². The fourth-order valence-corrected chi connectivity index (χ4v) is 3.31. The molecule has 1 fully saturated rings. The van der Waals surface area contributed by atoms with E-state index >= 15 is 0 Å². The van der Waals surface area contributed by atoms with Gasteiger partial charge in [-0.2, -0.15) is 11.8 Å². The van der Waals surface area contributed by atoms with Crippen LogP contribution in [0.25, 0.3) is 0 Å². The van der Waals surface area contributed by atoms with Gasteiger partial charge in [0.25, 0.3) is 0 Å². The van der Waals surface area contributed by atoms with E-state index in [2.05, 4.69) is 22.4 Å². The molecule has 1 aliphatic carbocycles. The van der Waals surface area contributed by atoms with Crippen molar-refractivity contribution in [2.24, 2.45) is 0 Å². The number of nitrogens with two attached hydrogens (primary N) is 1. The van der Waals surface area contributed by atoms with Crippen LogP contribution in [0.3, 0.4) is 0 Å². The van der Waals surface area contributed by atoms with Crippen LogP contribution < -0.4 is 11.1 Å². The van der Waals surface area contributed by atoms with Gasteiger partial charge in [0.05, 0.1) is 0 Å².